The van der Waals surface area contributed by atoms with Crippen molar-refractivity contribution in [3.63, 3.8) is 0 Å². The summed E-state index contributed by atoms with van der Waals surface area (Å²) in [7, 11) is 1.67. The maximum Gasteiger partial charge on any atom is 0.225 e. The number of hydrogen-bond acceptors (Lipinski definition) is 2. The van der Waals surface area contributed by atoms with Gasteiger partial charge in [-0.25, -0.2) is 0 Å². The Bertz CT molecular complexity index is 147. The molecule has 0 aromatic heterocycles. The minimum atomic E-state index is 0.0637. The zero-order valence-electron chi connectivity index (χ0n) is 7.09. The molecule has 0 radical (unpaired) electrons. The van der Waals surface area contributed by atoms with E-state index in [0.717, 1.165) is 19.4 Å². The van der Waals surface area contributed by atoms with Crippen LogP contribution in [0.4, 0.5) is 0 Å². The van der Waals surface area contributed by atoms with Gasteiger partial charge < -0.3 is 10.1 Å². The summed E-state index contributed by atoms with van der Waals surface area (Å²) in [5, 5.41) is 2.65. The molecule has 0 unspecified atom stereocenters. The van der Waals surface area contributed by atoms with Crippen LogP contribution < -0.4 is 5.32 Å². The Labute approximate surface area is 67.1 Å². The van der Waals surface area contributed by atoms with E-state index in [0.29, 0.717) is 0 Å². The number of nitrogens with one attached hydrogen (secondary N) is 1. The van der Waals surface area contributed by atoms with E-state index in [2.05, 4.69) is 5.32 Å². The molecular formula is C8H15NO2. The van der Waals surface area contributed by atoms with E-state index in [1.54, 1.807) is 7.05 Å². The van der Waals surface area contributed by atoms with Crippen LogP contribution >= 0.6 is 0 Å². The van der Waals surface area contributed by atoms with Crippen molar-refractivity contribution in [3.05, 3.63) is 0 Å². The standard InChI is InChI=1S/C8H15NO2/c1-6-7(8(10)9-2)4-3-5-11-6/h6-7H,3-5H2,1-2H3,(H,9,10)/t6-,7-/m0/s1. The van der Waals surface area contributed by atoms with Crippen LogP contribution in [0.2, 0.25) is 0 Å². The summed E-state index contributed by atoms with van der Waals surface area (Å²) in [6, 6.07) is 0. The second-order valence-corrected chi connectivity index (χ2v) is 2.94. The molecule has 3 nitrogen and oxygen atoms in total. The lowest BCUT2D eigenvalue weighted by Crippen LogP contribution is -2.38. The van der Waals surface area contributed by atoms with Crippen LogP contribution in [0.1, 0.15) is 19.8 Å². The first-order valence-electron chi connectivity index (χ1n) is 4.09. The summed E-state index contributed by atoms with van der Waals surface area (Å²) < 4.78 is 5.35. The topological polar surface area (TPSA) is 38.3 Å². The molecule has 0 bridgehead atoms. The fraction of sp³-hybridized carbons (Fsp3) is 0.875. The molecular weight excluding hydrogens is 142 g/mol. The van der Waals surface area contributed by atoms with Gasteiger partial charge in [-0.15, -0.1) is 0 Å². The molecule has 1 saturated heterocycles. The highest BCUT2D eigenvalue weighted by molar-refractivity contribution is 5.78. The third-order valence-corrected chi connectivity index (χ3v) is 2.19. The lowest BCUT2D eigenvalue weighted by Gasteiger charge is -2.27. The Hall–Kier alpha value is -0.570. The van der Waals surface area contributed by atoms with Crippen LogP contribution in [0.15, 0.2) is 0 Å². The summed E-state index contributed by atoms with van der Waals surface area (Å²) in [5.41, 5.74) is 0. The average Bonchev–Trinajstić information content (AvgIpc) is 2.04. The highest BCUT2D eigenvalue weighted by Gasteiger charge is 2.27. The van der Waals surface area contributed by atoms with Crippen molar-refractivity contribution in [2.45, 2.75) is 25.9 Å². The maximum atomic E-state index is 11.2. The number of rotatable bonds is 1. The molecule has 3 heteroatoms. The van der Waals surface area contributed by atoms with Gasteiger partial charge in [0.1, 0.15) is 0 Å². The van der Waals surface area contributed by atoms with Crippen molar-refractivity contribution < 1.29 is 9.53 Å². The molecule has 1 fully saturated rings. The van der Waals surface area contributed by atoms with Crippen LogP contribution in [0, 0.1) is 5.92 Å². The summed E-state index contributed by atoms with van der Waals surface area (Å²) in [4.78, 5) is 11.2. The molecule has 0 spiro atoms. The Morgan fingerprint density at radius 3 is 2.91 bits per heavy atom. The zero-order valence-corrected chi connectivity index (χ0v) is 7.09. The molecule has 1 heterocycles. The normalized spacial score (nSPS) is 31.5. The van der Waals surface area contributed by atoms with Gasteiger partial charge in [-0.1, -0.05) is 0 Å². The molecule has 1 aliphatic rings. The van der Waals surface area contributed by atoms with Gasteiger partial charge in [0.05, 0.1) is 12.0 Å². The molecule has 0 aromatic rings. The number of hydrogen-bond donors (Lipinski definition) is 1. The van der Waals surface area contributed by atoms with Crippen molar-refractivity contribution in [2.24, 2.45) is 5.92 Å². The summed E-state index contributed by atoms with van der Waals surface area (Å²) >= 11 is 0. The minimum absolute atomic E-state index is 0.0637. The van der Waals surface area contributed by atoms with E-state index in [-0.39, 0.29) is 17.9 Å². The van der Waals surface area contributed by atoms with Gasteiger partial charge in [0.25, 0.3) is 0 Å². The van der Waals surface area contributed by atoms with E-state index in [9.17, 15) is 4.79 Å². The molecule has 0 saturated carbocycles. The molecule has 1 N–H and O–H groups in total. The molecule has 11 heavy (non-hydrogen) atoms. The van der Waals surface area contributed by atoms with Gasteiger partial charge in [-0.2, -0.15) is 0 Å². The lowest BCUT2D eigenvalue weighted by molar-refractivity contribution is -0.132. The number of carbonyl (C=O) groups is 1. The Morgan fingerprint density at radius 2 is 2.36 bits per heavy atom. The Kier molecular flexibility index (Phi) is 2.88. The highest BCUT2D eigenvalue weighted by atomic mass is 16.5. The van der Waals surface area contributed by atoms with Crippen molar-refractivity contribution in [1.29, 1.82) is 0 Å². The molecule has 1 amide bonds. The third kappa shape index (κ3) is 1.93. The molecule has 0 aromatic carbocycles. The third-order valence-electron chi connectivity index (χ3n) is 2.19. The second-order valence-electron chi connectivity index (χ2n) is 2.94. The smallest absolute Gasteiger partial charge is 0.225 e. The van der Waals surface area contributed by atoms with Crippen LogP contribution in [-0.4, -0.2) is 25.7 Å². The number of carbonyl (C=O) groups excluding carboxylic acids is 1. The van der Waals surface area contributed by atoms with Gasteiger partial charge >= 0.3 is 0 Å². The largest absolute Gasteiger partial charge is 0.378 e. The molecule has 0 aliphatic carbocycles. The van der Waals surface area contributed by atoms with E-state index in [4.69, 9.17) is 4.74 Å². The molecule has 64 valence electrons. The Balaban J connectivity index is 2.47. The van der Waals surface area contributed by atoms with Crippen LogP contribution in [0.3, 0.4) is 0 Å². The minimum Gasteiger partial charge on any atom is -0.378 e. The van der Waals surface area contributed by atoms with E-state index in [1.165, 1.54) is 0 Å². The fourth-order valence-corrected chi connectivity index (χ4v) is 1.45. The van der Waals surface area contributed by atoms with Crippen LogP contribution in [0.25, 0.3) is 0 Å². The van der Waals surface area contributed by atoms with E-state index in [1.807, 2.05) is 6.92 Å². The van der Waals surface area contributed by atoms with Gasteiger partial charge in [0.15, 0.2) is 0 Å². The van der Waals surface area contributed by atoms with Gasteiger partial charge in [0.2, 0.25) is 5.91 Å². The molecule has 1 aliphatic heterocycles. The summed E-state index contributed by atoms with van der Waals surface area (Å²) in [6.45, 7) is 2.76. The van der Waals surface area contributed by atoms with E-state index >= 15 is 0 Å². The maximum absolute atomic E-state index is 11.2. The van der Waals surface area contributed by atoms with Crippen molar-refractivity contribution in [2.75, 3.05) is 13.7 Å². The lowest BCUT2D eigenvalue weighted by atomic mass is 9.95. The fourth-order valence-electron chi connectivity index (χ4n) is 1.45. The zero-order chi connectivity index (χ0) is 8.27. The average molecular weight is 157 g/mol. The van der Waals surface area contributed by atoms with Gasteiger partial charge in [-0.3, -0.25) is 4.79 Å². The van der Waals surface area contributed by atoms with Crippen molar-refractivity contribution in [1.82, 2.24) is 5.32 Å². The van der Waals surface area contributed by atoms with Crippen molar-refractivity contribution in [3.8, 4) is 0 Å². The van der Waals surface area contributed by atoms with Crippen molar-refractivity contribution >= 4 is 5.91 Å². The predicted octanol–water partition coefficient (Wildman–Crippen LogP) is 0.547. The van der Waals surface area contributed by atoms with Gasteiger partial charge in [0, 0.05) is 13.7 Å². The SMILES string of the molecule is CNC(=O)[C@H]1CCCO[C@H]1C. The Morgan fingerprint density at radius 1 is 1.64 bits per heavy atom. The molecule has 1 rings (SSSR count). The monoisotopic (exact) mass is 157 g/mol. The first kappa shape index (κ1) is 8.53. The van der Waals surface area contributed by atoms with Crippen LogP contribution in [-0.2, 0) is 9.53 Å². The second kappa shape index (κ2) is 3.72. The highest BCUT2D eigenvalue weighted by Crippen LogP contribution is 2.20. The quantitative estimate of drug-likeness (QED) is 0.603. The van der Waals surface area contributed by atoms with Gasteiger partial charge in [-0.05, 0) is 19.8 Å². The van der Waals surface area contributed by atoms with E-state index < -0.39 is 0 Å². The molecule has 2 atom stereocenters. The first-order chi connectivity index (χ1) is 5.25. The number of ether oxygens (including phenoxy) is 1. The summed E-state index contributed by atoms with van der Waals surface area (Å²) in [6.07, 6.45) is 2.05. The predicted molar refractivity (Wildman–Crippen MR) is 42.2 cm³/mol. The number of amides is 1. The first-order valence-corrected chi connectivity index (χ1v) is 4.09. The van der Waals surface area contributed by atoms with Crippen LogP contribution in [0.5, 0.6) is 0 Å². The summed E-state index contributed by atoms with van der Waals surface area (Å²) in [5.74, 6) is 0.172.